The molecule has 20 heavy (non-hydrogen) atoms. The van der Waals surface area contributed by atoms with Crippen molar-refractivity contribution < 1.29 is 14.5 Å². The van der Waals surface area contributed by atoms with Crippen LogP contribution >= 0.6 is 0 Å². The molecule has 0 spiro atoms. The first-order valence-electron chi connectivity index (χ1n) is 6.65. The Balaban J connectivity index is 2.56. The molecular weight excluding hydrogens is 260 g/mol. The van der Waals surface area contributed by atoms with Gasteiger partial charge in [0.15, 0.2) is 6.61 Å². The van der Waals surface area contributed by atoms with Gasteiger partial charge in [0.2, 0.25) is 0 Å². The highest BCUT2D eigenvalue weighted by Crippen LogP contribution is 2.22. The van der Waals surface area contributed by atoms with E-state index in [1.165, 1.54) is 12.1 Å². The van der Waals surface area contributed by atoms with Crippen LogP contribution in [0.3, 0.4) is 0 Å². The Morgan fingerprint density at radius 1 is 1.40 bits per heavy atom. The molecular formula is C14H20N2O4. The third-order valence-electron chi connectivity index (χ3n) is 3.09. The average molecular weight is 280 g/mol. The second-order valence-corrected chi connectivity index (χ2v) is 4.58. The van der Waals surface area contributed by atoms with Crippen molar-refractivity contribution in [2.75, 3.05) is 6.61 Å². The number of carbonyl (C=O) groups excluding carboxylic acids is 1. The van der Waals surface area contributed by atoms with E-state index in [1.54, 1.807) is 13.0 Å². The number of benzene rings is 1. The number of nitro benzene ring substituents is 1. The quantitative estimate of drug-likeness (QED) is 0.614. The Bertz CT molecular complexity index is 484. The molecule has 110 valence electrons. The number of nitrogens with zero attached hydrogens (tertiary/aromatic N) is 1. The van der Waals surface area contributed by atoms with Gasteiger partial charge in [0.25, 0.3) is 11.6 Å². The lowest BCUT2D eigenvalue weighted by Crippen LogP contribution is -2.37. The van der Waals surface area contributed by atoms with E-state index in [0.29, 0.717) is 11.3 Å². The lowest BCUT2D eigenvalue weighted by molar-refractivity contribution is -0.385. The number of aryl methyl sites for hydroxylation is 1. The van der Waals surface area contributed by atoms with Crippen LogP contribution in [-0.2, 0) is 4.79 Å². The summed E-state index contributed by atoms with van der Waals surface area (Å²) in [6, 6.07) is 4.59. The summed E-state index contributed by atoms with van der Waals surface area (Å²) in [5.74, 6) is 0.266. The minimum atomic E-state index is -0.446. The molecule has 6 nitrogen and oxygen atoms in total. The van der Waals surface area contributed by atoms with E-state index >= 15 is 0 Å². The minimum absolute atomic E-state index is 0.0406. The Hall–Kier alpha value is -2.11. The summed E-state index contributed by atoms with van der Waals surface area (Å²) < 4.78 is 5.34. The third kappa shape index (κ3) is 4.53. The summed E-state index contributed by atoms with van der Waals surface area (Å²) in [7, 11) is 0. The van der Waals surface area contributed by atoms with Crippen LogP contribution in [-0.4, -0.2) is 23.5 Å². The number of hydrogen-bond donors (Lipinski definition) is 1. The largest absolute Gasteiger partial charge is 0.484 e. The van der Waals surface area contributed by atoms with Crippen molar-refractivity contribution in [2.24, 2.45) is 0 Å². The zero-order valence-corrected chi connectivity index (χ0v) is 12.0. The molecule has 0 bridgehead atoms. The number of nitro groups is 1. The molecule has 0 fully saturated rings. The lowest BCUT2D eigenvalue weighted by Gasteiger charge is -2.15. The van der Waals surface area contributed by atoms with E-state index in [0.717, 1.165) is 12.8 Å². The summed E-state index contributed by atoms with van der Waals surface area (Å²) >= 11 is 0. The van der Waals surface area contributed by atoms with E-state index in [9.17, 15) is 14.9 Å². The zero-order valence-electron chi connectivity index (χ0n) is 12.0. The first kappa shape index (κ1) is 15.9. The van der Waals surface area contributed by atoms with Gasteiger partial charge in [0.1, 0.15) is 5.75 Å². The first-order valence-corrected chi connectivity index (χ1v) is 6.65. The lowest BCUT2D eigenvalue weighted by atomic mass is 10.2. The molecule has 0 saturated heterocycles. The maximum Gasteiger partial charge on any atom is 0.272 e. The van der Waals surface area contributed by atoms with Crippen molar-refractivity contribution in [1.82, 2.24) is 5.32 Å². The monoisotopic (exact) mass is 280 g/mol. The Labute approximate surface area is 118 Å². The molecule has 0 aliphatic rings. The summed E-state index contributed by atoms with van der Waals surface area (Å²) in [5, 5.41) is 13.5. The normalized spacial score (nSPS) is 10.4. The topological polar surface area (TPSA) is 81.5 Å². The Morgan fingerprint density at radius 3 is 2.55 bits per heavy atom. The van der Waals surface area contributed by atoms with Crippen LogP contribution in [0, 0.1) is 17.0 Å². The van der Waals surface area contributed by atoms with Gasteiger partial charge in [-0.15, -0.1) is 0 Å². The number of ether oxygens (including phenoxy) is 1. The fraction of sp³-hybridized carbons (Fsp3) is 0.500. The fourth-order valence-electron chi connectivity index (χ4n) is 1.83. The highest BCUT2D eigenvalue weighted by atomic mass is 16.6. The molecule has 1 amide bonds. The molecule has 0 atom stereocenters. The third-order valence-corrected chi connectivity index (χ3v) is 3.09. The molecule has 0 heterocycles. The van der Waals surface area contributed by atoms with Crippen LogP contribution in [0.15, 0.2) is 18.2 Å². The molecule has 0 aromatic heterocycles. The van der Waals surface area contributed by atoms with Crippen LogP contribution < -0.4 is 10.1 Å². The van der Waals surface area contributed by atoms with Gasteiger partial charge in [-0.05, 0) is 31.9 Å². The van der Waals surface area contributed by atoms with Crippen LogP contribution in [0.1, 0.15) is 32.3 Å². The van der Waals surface area contributed by atoms with E-state index in [2.05, 4.69) is 5.32 Å². The van der Waals surface area contributed by atoms with Crippen LogP contribution in [0.25, 0.3) is 0 Å². The van der Waals surface area contributed by atoms with Crippen molar-refractivity contribution in [3.63, 3.8) is 0 Å². The SMILES string of the molecule is CCC(CC)NC(=O)COc1ccc([N+](=O)[O-])c(C)c1. The van der Waals surface area contributed by atoms with Crippen molar-refractivity contribution >= 4 is 11.6 Å². The summed E-state index contributed by atoms with van der Waals surface area (Å²) in [6.07, 6.45) is 1.75. The van der Waals surface area contributed by atoms with Crippen molar-refractivity contribution in [2.45, 2.75) is 39.7 Å². The molecule has 0 radical (unpaired) electrons. The summed E-state index contributed by atoms with van der Waals surface area (Å²) in [4.78, 5) is 21.9. The maximum absolute atomic E-state index is 11.7. The molecule has 1 rings (SSSR count). The minimum Gasteiger partial charge on any atom is -0.484 e. The van der Waals surface area contributed by atoms with Crippen LogP contribution in [0.2, 0.25) is 0 Å². The van der Waals surface area contributed by atoms with E-state index < -0.39 is 4.92 Å². The van der Waals surface area contributed by atoms with Gasteiger partial charge < -0.3 is 10.1 Å². The van der Waals surface area contributed by atoms with Gasteiger partial charge in [-0.2, -0.15) is 0 Å². The maximum atomic E-state index is 11.7. The molecule has 0 unspecified atom stereocenters. The molecule has 0 saturated carbocycles. The zero-order chi connectivity index (χ0) is 15.1. The van der Waals surface area contributed by atoms with Gasteiger partial charge in [-0.25, -0.2) is 0 Å². The van der Waals surface area contributed by atoms with Gasteiger partial charge in [0, 0.05) is 17.7 Å². The summed E-state index contributed by atoms with van der Waals surface area (Å²) in [5.41, 5.74) is 0.548. The Kier molecular flexibility index (Phi) is 5.96. The Morgan fingerprint density at radius 2 is 2.05 bits per heavy atom. The van der Waals surface area contributed by atoms with Crippen molar-refractivity contribution in [1.29, 1.82) is 0 Å². The van der Waals surface area contributed by atoms with E-state index in [1.807, 2.05) is 13.8 Å². The van der Waals surface area contributed by atoms with Crippen molar-refractivity contribution in [3.8, 4) is 5.75 Å². The van der Waals surface area contributed by atoms with Crippen LogP contribution in [0.5, 0.6) is 5.75 Å². The van der Waals surface area contributed by atoms with Gasteiger partial charge in [0.05, 0.1) is 4.92 Å². The fourth-order valence-corrected chi connectivity index (χ4v) is 1.83. The van der Waals surface area contributed by atoms with Crippen LogP contribution in [0.4, 0.5) is 5.69 Å². The predicted octanol–water partition coefficient (Wildman–Crippen LogP) is 2.59. The smallest absolute Gasteiger partial charge is 0.272 e. The molecule has 0 aliphatic carbocycles. The highest BCUT2D eigenvalue weighted by Gasteiger charge is 2.12. The second-order valence-electron chi connectivity index (χ2n) is 4.58. The van der Waals surface area contributed by atoms with Gasteiger partial charge in [-0.3, -0.25) is 14.9 Å². The standard InChI is InChI=1S/C14H20N2O4/c1-4-11(5-2)15-14(17)9-20-12-6-7-13(16(18)19)10(3)8-12/h6-8,11H,4-5,9H2,1-3H3,(H,15,17). The van der Waals surface area contributed by atoms with Crippen molar-refractivity contribution in [3.05, 3.63) is 33.9 Å². The molecule has 0 aliphatic heterocycles. The second kappa shape index (κ2) is 7.47. The average Bonchev–Trinajstić information content (AvgIpc) is 2.42. The van der Waals surface area contributed by atoms with Gasteiger partial charge >= 0.3 is 0 Å². The number of nitrogens with one attached hydrogen (secondary N) is 1. The molecule has 1 aromatic carbocycles. The molecule has 6 heteroatoms. The molecule has 1 N–H and O–H groups in total. The number of amides is 1. The van der Waals surface area contributed by atoms with E-state index in [4.69, 9.17) is 4.74 Å². The number of rotatable bonds is 7. The molecule has 1 aromatic rings. The van der Waals surface area contributed by atoms with E-state index in [-0.39, 0.29) is 24.2 Å². The first-order chi connectivity index (χ1) is 9.47. The van der Waals surface area contributed by atoms with Gasteiger partial charge in [-0.1, -0.05) is 13.8 Å². The highest BCUT2D eigenvalue weighted by molar-refractivity contribution is 5.77. The predicted molar refractivity (Wildman–Crippen MR) is 75.8 cm³/mol. The number of hydrogen-bond acceptors (Lipinski definition) is 4. The summed E-state index contributed by atoms with van der Waals surface area (Å²) in [6.45, 7) is 5.56. The number of carbonyl (C=O) groups is 1.